The molecule has 0 aromatic carbocycles. The van der Waals surface area contributed by atoms with Crippen molar-refractivity contribution in [1.82, 2.24) is 4.57 Å². The maximum atomic E-state index is 12.1. The van der Waals surface area contributed by atoms with Crippen LogP contribution in [-0.4, -0.2) is 10.6 Å². The Morgan fingerprint density at radius 2 is 1.95 bits per heavy atom. The topological polar surface area (TPSA) is 48.0 Å². The molecule has 1 saturated carbocycles. The molecule has 3 nitrogen and oxygen atoms in total. The van der Waals surface area contributed by atoms with Crippen LogP contribution in [0.3, 0.4) is 0 Å². The standard InChI is InChI=1S/C16H24N2O/c17-14(12-5-2-1-3-6-12)11-18-15-8-4-7-13(15)9-10-16(18)19/h9-10,12,14H,1-8,11,17H2. The third-order valence-electron chi connectivity index (χ3n) is 4.90. The molecule has 0 saturated heterocycles. The van der Waals surface area contributed by atoms with E-state index in [9.17, 15) is 4.79 Å². The summed E-state index contributed by atoms with van der Waals surface area (Å²) in [6, 6.07) is 3.87. The Balaban J connectivity index is 1.79. The molecule has 2 N–H and O–H groups in total. The molecule has 1 aromatic heterocycles. The number of pyridine rings is 1. The molecule has 2 aliphatic rings. The lowest BCUT2D eigenvalue weighted by Gasteiger charge is -2.28. The fourth-order valence-corrected chi connectivity index (χ4v) is 3.76. The van der Waals surface area contributed by atoms with Crippen LogP contribution in [0.4, 0.5) is 0 Å². The molecule has 0 aliphatic heterocycles. The highest BCUT2D eigenvalue weighted by molar-refractivity contribution is 5.25. The summed E-state index contributed by atoms with van der Waals surface area (Å²) in [6.07, 6.45) is 9.79. The molecule has 1 unspecified atom stereocenters. The number of hydrogen-bond donors (Lipinski definition) is 1. The summed E-state index contributed by atoms with van der Waals surface area (Å²) in [5, 5.41) is 0. The van der Waals surface area contributed by atoms with Gasteiger partial charge in [0.25, 0.3) is 5.56 Å². The van der Waals surface area contributed by atoms with Crippen LogP contribution in [0.1, 0.15) is 49.8 Å². The van der Waals surface area contributed by atoms with Gasteiger partial charge in [-0.1, -0.05) is 25.3 Å². The van der Waals surface area contributed by atoms with Crippen LogP contribution < -0.4 is 11.3 Å². The summed E-state index contributed by atoms with van der Waals surface area (Å²) < 4.78 is 1.96. The summed E-state index contributed by atoms with van der Waals surface area (Å²) in [5.74, 6) is 0.609. The third-order valence-corrected chi connectivity index (χ3v) is 4.90. The van der Waals surface area contributed by atoms with E-state index < -0.39 is 0 Å². The van der Waals surface area contributed by atoms with E-state index in [4.69, 9.17) is 5.73 Å². The number of aryl methyl sites for hydroxylation is 1. The molecule has 1 atom stereocenters. The molecular weight excluding hydrogens is 236 g/mol. The monoisotopic (exact) mass is 260 g/mol. The van der Waals surface area contributed by atoms with Crippen LogP contribution in [0.5, 0.6) is 0 Å². The Morgan fingerprint density at radius 3 is 2.74 bits per heavy atom. The van der Waals surface area contributed by atoms with Crippen molar-refractivity contribution in [2.75, 3.05) is 0 Å². The molecule has 3 rings (SSSR count). The first-order chi connectivity index (χ1) is 9.25. The van der Waals surface area contributed by atoms with Gasteiger partial charge in [-0.25, -0.2) is 0 Å². The largest absolute Gasteiger partial charge is 0.326 e. The molecule has 3 heteroatoms. The first kappa shape index (κ1) is 12.9. The van der Waals surface area contributed by atoms with Gasteiger partial charge < -0.3 is 10.3 Å². The predicted octanol–water partition coefficient (Wildman–Crippen LogP) is 2.24. The van der Waals surface area contributed by atoms with Crippen molar-refractivity contribution in [1.29, 1.82) is 0 Å². The average molecular weight is 260 g/mol. The van der Waals surface area contributed by atoms with Crippen molar-refractivity contribution in [3.05, 3.63) is 33.7 Å². The van der Waals surface area contributed by atoms with Crippen molar-refractivity contribution >= 4 is 0 Å². The zero-order chi connectivity index (χ0) is 13.2. The van der Waals surface area contributed by atoms with Gasteiger partial charge in [0, 0.05) is 24.3 Å². The second-order valence-corrected chi connectivity index (χ2v) is 6.17. The zero-order valence-electron chi connectivity index (χ0n) is 11.6. The molecule has 0 bridgehead atoms. The number of nitrogens with zero attached hydrogens (tertiary/aromatic N) is 1. The van der Waals surface area contributed by atoms with Crippen LogP contribution in [0.2, 0.25) is 0 Å². The molecule has 0 spiro atoms. The average Bonchev–Trinajstić information content (AvgIpc) is 2.91. The SMILES string of the molecule is NC(Cn1c2c(ccc1=O)CCC2)C1CCCCC1. The van der Waals surface area contributed by atoms with Gasteiger partial charge in [0.1, 0.15) is 0 Å². The number of fused-ring (bicyclic) bond motifs is 1. The van der Waals surface area contributed by atoms with Gasteiger partial charge in [0.05, 0.1) is 0 Å². The smallest absolute Gasteiger partial charge is 0.250 e. The van der Waals surface area contributed by atoms with Gasteiger partial charge in [-0.3, -0.25) is 4.79 Å². The van der Waals surface area contributed by atoms with Gasteiger partial charge in [-0.2, -0.15) is 0 Å². The minimum atomic E-state index is 0.131. The second kappa shape index (κ2) is 5.49. The summed E-state index contributed by atoms with van der Waals surface area (Å²) in [6.45, 7) is 0.715. The van der Waals surface area contributed by atoms with Crippen molar-refractivity contribution < 1.29 is 0 Å². The minimum absolute atomic E-state index is 0.131. The quantitative estimate of drug-likeness (QED) is 0.906. The first-order valence-corrected chi connectivity index (χ1v) is 7.73. The lowest BCUT2D eigenvalue weighted by Crippen LogP contribution is -2.39. The molecule has 1 heterocycles. The lowest BCUT2D eigenvalue weighted by molar-refractivity contribution is 0.282. The third kappa shape index (κ3) is 2.62. The van der Waals surface area contributed by atoms with Crippen molar-refractivity contribution in [3.63, 3.8) is 0 Å². The van der Waals surface area contributed by atoms with E-state index in [1.54, 1.807) is 6.07 Å². The fourth-order valence-electron chi connectivity index (χ4n) is 3.76. The Hall–Kier alpha value is -1.09. The molecule has 19 heavy (non-hydrogen) atoms. The zero-order valence-corrected chi connectivity index (χ0v) is 11.6. The number of aromatic nitrogens is 1. The number of hydrogen-bond acceptors (Lipinski definition) is 2. The van der Waals surface area contributed by atoms with Crippen LogP contribution in [0, 0.1) is 5.92 Å². The Kier molecular flexibility index (Phi) is 3.74. The van der Waals surface area contributed by atoms with E-state index in [1.807, 2.05) is 10.6 Å². The molecule has 0 amide bonds. The maximum absolute atomic E-state index is 12.1. The second-order valence-electron chi connectivity index (χ2n) is 6.17. The fraction of sp³-hybridized carbons (Fsp3) is 0.688. The molecule has 104 valence electrons. The normalized spacial score (nSPS) is 21.3. The van der Waals surface area contributed by atoms with Crippen LogP contribution in [0.15, 0.2) is 16.9 Å². The molecule has 1 fully saturated rings. The van der Waals surface area contributed by atoms with E-state index in [-0.39, 0.29) is 11.6 Å². The number of rotatable bonds is 3. The maximum Gasteiger partial charge on any atom is 0.250 e. The highest BCUT2D eigenvalue weighted by Crippen LogP contribution is 2.27. The molecular formula is C16H24N2O. The Morgan fingerprint density at radius 1 is 1.16 bits per heavy atom. The van der Waals surface area contributed by atoms with E-state index in [1.165, 1.54) is 49.8 Å². The first-order valence-electron chi connectivity index (χ1n) is 7.73. The van der Waals surface area contributed by atoms with Gasteiger partial charge in [0.15, 0.2) is 0 Å². The number of nitrogens with two attached hydrogens (primary N) is 1. The van der Waals surface area contributed by atoms with Crippen LogP contribution >= 0.6 is 0 Å². The van der Waals surface area contributed by atoms with E-state index in [0.717, 1.165) is 12.8 Å². The lowest BCUT2D eigenvalue weighted by atomic mass is 9.84. The van der Waals surface area contributed by atoms with Gasteiger partial charge in [-0.05, 0) is 43.6 Å². The molecule has 2 aliphatic carbocycles. The van der Waals surface area contributed by atoms with Gasteiger partial charge in [-0.15, -0.1) is 0 Å². The minimum Gasteiger partial charge on any atom is -0.326 e. The highest BCUT2D eigenvalue weighted by atomic mass is 16.1. The Labute approximate surface area is 114 Å². The van der Waals surface area contributed by atoms with Gasteiger partial charge >= 0.3 is 0 Å². The van der Waals surface area contributed by atoms with Crippen molar-refractivity contribution in [2.24, 2.45) is 11.7 Å². The van der Waals surface area contributed by atoms with Crippen molar-refractivity contribution in [2.45, 2.75) is 64.0 Å². The van der Waals surface area contributed by atoms with E-state index in [0.29, 0.717) is 12.5 Å². The van der Waals surface area contributed by atoms with E-state index >= 15 is 0 Å². The molecule has 1 aromatic rings. The summed E-state index contributed by atoms with van der Waals surface area (Å²) >= 11 is 0. The summed E-state index contributed by atoms with van der Waals surface area (Å²) in [7, 11) is 0. The van der Waals surface area contributed by atoms with Crippen molar-refractivity contribution in [3.8, 4) is 0 Å². The van der Waals surface area contributed by atoms with Crippen LogP contribution in [0.25, 0.3) is 0 Å². The Bertz CT molecular complexity index is 500. The molecule has 0 radical (unpaired) electrons. The van der Waals surface area contributed by atoms with E-state index in [2.05, 4.69) is 0 Å². The van der Waals surface area contributed by atoms with Gasteiger partial charge in [0.2, 0.25) is 0 Å². The summed E-state index contributed by atoms with van der Waals surface area (Å²) in [5.41, 5.74) is 9.12. The van der Waals surface area contributed by atoms with Crippen LogP contribution in [-0.2, 0) is 19.4 Å². The highest BCUT2D eigenvalue weighted by Gasteiger charge is 2.23. The summed E-state index contributed by atoms with van der Waals surface area (Å²) in [4.78, 5) is 12.1. The predicted molar refractivity (Wildman–Crippen MR) is 77.3 cm³/mol.